The van der Waals surface area contributed by atoms with Crippen molar-refractivity contribution >= 4 is 5.96 Å². The van der Waals surface area contributed by atoms with Crippen LogP contribution in [0, 0.1) is 6.92 Å². The number of hydrogen-bond acceptors (Lipinski definition) is 3. The van der Waals surface area contributed by atoms with Gasteiger partial charge in [-0.2, -0.15) is 0 Å². The fourth-order valence-electron chi connectivity index (χ4n) is 3.34. The first kappa shape index (κ1) is 20.5. The number of guanidine groups is 1. The van der Waals surface area contributed by atoms with Gasteiger partial charge < -0.3 is 19.5 Å². The van der Waals surface area contributed by atoms with E-state index >= 15 is 0 Å². The minimum Gasteiger partial charge on any atom is -0.496 e. The van der Waals surface area contributed by atoms with Crippen LogP contribution in [0.15, 0.2) is 65.9 Å². The summed E-state index contributed by atoms with van der Waals surface area (Å²) in [6.07, 6.45) is 3.84. The second-order valence-corrected chi connectivity index (χ2v) is 6.99. The molecule has 6 heteroatoms. The van der Waals surface area contributed by atoms with Gasteiger partial charge in [-0.15, -0.1) is 0 Å². The summed E-state index contributed by atoms with van der Waals surface area (Å²) < 4.78 is 7.61. The Balaban J connectivity index is 1.62. The van der Waals surface area contributed by atoms with Crippen LogP contribution in [-0.2, 0) is 19.6 Å². The molecule has 6 nitrogen and oxygen atoms in total. The first-order valence-corrected chi connectivity index (χ1v) is 9.70. The van der Waals surface area contributed by atoms with E-state index in [2.05, 4.69) is 55.1 Å². The summed E-state index contributed by atoms with van der Waals surface area (Å²) in [4.78, 5) is 10.8. The molecule has 1 heterocycles. The van der Waals surface area contributed by atoms with E-state index in [4.69, 9.17) is 4.74 Å². The van der Waals surface area contributed by atoms with Gasteiger partial charge in [0.1, 0.15) is 11.6 Å². The minimum atomic E-state index is 0.708. The molecule has 0 fully saturated rings. The molecule has 0 saturated carbocycles. The first-order chi connectivity index (χ1) is 14.1. The molecule has 2 aromatic carbocycles. The van der Waals surface area contributed by atoms with E-state index in [-0.39, 0.29) is 0 Å². The Morgan fingerprint density at radius 3 is 2.69 bits per heavy atom. The molecule has 1 aromatic heterocycles. The average molecular weight is 392 g/mol. The Labute approximate surface area is 172 Å². The molecule has 0 radical (unpaired) electrons. The van der Waals surface area contributed by atoms with E-state index in [1.807, 2.05) is 44.6 Å². The highest BCUT2D eigenvalue weighted by Gasteiger charge is 2.10. The van der Waals surface area contributed by atoms with Gasteiger partial charge in [0.25, 0.3) is 0 Å². The fourth-order valence-corrected chi connectivity index (χ4v) is 3.34. The van der Waals surface area contributed by atoms with E-state index in [9.17, 15) is 0 Å². The molecule has 3 aromatic rings. The number of hydrogen-bond donors (Lipinski definition) is 1. The predicted molar refractivity (Wildman–Crippen MR) is 117 cm³/mol. The van der Waals surface area contributed by atoms with Crippen LogP contribution in [0.1, 0.15) is 22.5 Å². The standard InChI is InChI=1S/C23H29N5O/c1-18-25-12-13-28(18)16-20-9-7-8-19(14-20)15-26-23(24-2)27(3)17-21-10-5-6-11-22(21)29-4/h5-14H,15-17H2,1-4H3,(H,24,26). The molecule has 0 amide bonds. The quantitative estimate of drug-likeness (QED) is 0.495. The third kappa shape index (κ3) is 5.38. The smallest absolute Gasteiger partial charge is 0.193 e. The van der Waals surface area contributed by atoms with Crippen molar-refractivity contribution in [3.05, 3.63) is 83.4 Å². The number of para-hydroxylation sites is 1. The maximum absolute atomic E-state index is 5.46. The largest absolute Gasteiger partial charge is 0.496 e. The lowest BCUT2D eigenvalue weighted by molar-refractivity contribution is 0.396. The maximum Gasteiger partial charge on any atom is 0.193 e. The lowest BCUT2D eigenvalue weighted by Gasteiger charge is -2.23. The number of aryl methyl sites for hydroxylation is 1. The van der Waals surface area contributed by atoms with Crippen LogP contribution in [0.4, 0.5) is 0 Å². The number of rotatable bonds is 7. The van der Waals surface area contributed by atoms with Crippen LogP contribution < -0.4 is 10.1 Å². The number of aromatic nitrogens is 2. The molecular weight excluding hydrogens is 362 g/mol. The van der Waals surface area contributed by atoms with Gasteiger partial charge in [-0.1, -0.05) is 42.5 Å². The van der Waals surface area contributed by atoms with Crippen molar-refractivity contribution < 1.29 is 4.74 Å². The van der Waals surface area contributed by atoms with Crippen molar-refractivity contribution in [2.45, 2.75) is 26.6 Å². The normalized spacial score (nSPS) is 11.4. The summed E-state index contributed by atoms with van der Waals surface area (Å²) >= 11 is 0. The number of nitrogens with zero attached hydrogens (tertiary/aromatic N) is 4. The highest BCUT2D eigenvalue weighted by atomic mass is 16.5. The monoisotopic (exact) mass is 391 g/mol. The van der Waals surface area contributed by atoms with E-state index in [0.29, 0.717) is 13.1 Å². The number of imidazole rings is 1. The van der Waals surface area contributed by atoms with E-state index in [1.165, 1.54) is 11.1 Å². The second-order valence-electron chi connectivity index (χ2n) is 6.99. The molecule has 3 rings (SSSR count). The molecule has 0 bridgehead atoms. The summed E-state index contributed by atoms with van der Waals surface area (Å²) in [6.45, 7) is 4.26. The topological polar surface area (TPSA) is 54.7 Å². The fraction of sp³-hybridized carbons (Fsp3) is 0.304. The average Bonchev–Trinajstić information content (AvgIpc) is 3.13. The Morgan fingerprint density at radius 1 is 1.17 bits per heavy atom. The summed E-state index contributed by atoms with van der Waals surface area (Å²) in [5.74, 6) is 2.75. The van der Waals surface area contributed by atoms with Gasteiger partial charge in [-0.25, -0.2) is 4.98 Å². The molecule has 0 aliphatic rings. The van der Waals surface area contributed by atoms with E-state index in [1.54, 1.807) is 14.2 Å². The summed E-state index contributed by atoms with van der Waals surface area (Å²) in [5, 5.41) is 3.46. The molecule has 1 N–H and O–H groups in total. The van der Waals surface area contributed by atoms with Crippen LogP contribution >= 0.6 is 0 Å². The first-order valence-electron chi connectivity index (χ1n) is 9.70. The third-order valence-electron chi connectivity index (χ3n) is 4.89. The molecule has 0 saturated heterocycles. The summed E-state index contributed by atoms with van der Waals surface area (Å²) in [6, 6.07) is 16.6. The Morgan fingerprint density at radius 2 is 1.97 bits per heavy atom. The van der Waals surface area contributed by atoms with Crippen molar-refractivity contribution in [3.63, 3.8) is 0 Å². The summed E-state index contributed by atoms with van der Waals surface area (Å²) in [5.41, 5.74) is 3.59. The lowest BCUT2D eigenvalue weighted by atomic mass is 10.1. The van der Waals surface area contributed by atoms with Crippen LogP contribution in [0.3, 0.4) is 0 Å². The lowest BCUT2D eigenvalue weighted by Crippen LogP contribution is -2.38. The van der Waals surface area contributed by atoms with E-state index < -0.39 is 0 Å². The summed E-state index contributed by atoms with van der Waals surface area (Å²) in [7, 11) is 5.53. The van der Waals surface area contributed by atoms with Crippen molar-refractivity contribution in [3.8, 4) is 5.75 Å². The molecular formula is C23H29N5O. The molecule has 29 heavy (non-hydrogen) atoms. The van der Waals surface area contributed by atoms with Gasteiger partial charge in [0.05, 0.1) is 7.11 Å². The number of aliphatic imine (C=N–C) groups is 1. The van der Waals surface area contributed by atoms with E-state index in [0.717, 1.165) is 29.6 Å². The van der Waals surface area contributed by atoms with Gasteiger partial charge in [0, 0.05) is 51.7 Å². The van der Waals surface area contributed by atoms with Gasteiger partial charge in [-0.3, -0.25) is 4.99 Å². The molecule has 0 aliphatic carbocycles. The van der Waals surface area contributed by atoms with Crippen LogP contribution in [-0.4, -0.2) is 41.6 Å². The molecule has 0 unspecified atom stereocenters. The minimum absolute atomic E-state index is 0.708. The number of nitrogens with one attached hydrogen (secondary N) is 1. The third-order valence-corrected chi connectivity index (χ3v) is 4.89. The van der Waals surface area contributed by atoms with Gasteiger partial charge in [-0.05, 0) is 24.1 Å². The molecule has 0 atom stereocenters. The van der Waals surface area contributed by atoms with Crippen LogP contribution in [0.5, 0.6) is 5.75 Å². The molecule has 152 valence electrons. The van der Waals surface area contributed by atoms with Crippen LogP contribution in [0.2, 0.25) is 0 Å². The van der Waals surface area contributed by atoms with Crippen molar-refractivity contribution in [2.24, 2.45) is 4.99 Å². The van der Waals surface area contributed by atoms with Gasteiger partial charge in [0.2, 0.25) is 0 Å². The van der Waals surface area contributed by atoms with Gasteiger partial charge in [0.15, 0.2) is 5.96 Å². The molecule has 0 spiro atoms. The van der Waals surface area contributed by atoms with Crippen LogP contribution in [0.25, 0.3) is 0 Å². The zero-order chi connectivity index (χ0) is 20.6. The van der Waals surface area contributed by atoms with Crippen molar-refractivity contribution in [1.82, 2.24) is 19.8 Å². The van der Waals surface area contributed by atoms with Crippen molar-refractivity contribution in [2.75, 3.05) is 21.2 Å². The predicted octanol–water partition coefficient (Wildman–Crippen LogP) is 3.46. The Kier molecular flexibility index (Phi) is 6.89. The highest BCUT2D eigenvalue weighted by Crippen LogP contribution is 2.18. The Hall–Kier alpha value is -3.28. The Bertz CT molecular complexity index is 963. The van der Waals surface area contributed by atoms with Crippen molar-refractivity contribution in [1.29, 1.82) is 0 Å². The zero-order valence-electron chi connectivity index (χ0n) is 17.6. The zero-order valence-corrected chi connectivity index (χ0v) is 17.6. The number of ether oxygens (including phenoxy) is 1. The SMILES string of the molecule is CN=C(NCc1cccc(Cn2ccnc2C)c1)N(C)Cc1ccccc1OC. The number of benzene rings is 2. The highest BCUT2D eigenvalue weighted by molar-refractivity contribution is 5.79. The second kappa shape index (κ2) is 9.78. The van der Waals surface area contributed by atoms with Gasteiger partial charge >= 0.3 is 0 Å². The maximum atomic E-state index is 5.46. The number of methoxy groups -OCH3 is 1. The molecule has 0 aliphatic heterocycles.